The van der Waals surface area contributed by atoms with Gasteiger partial charge in [-0.2, -0.15) is 11.8 Å². The lowest BCUT2D eigenvalue weighted by Gasteiger charge is -2.18. The van der Waals surface area contributed by atoms with E-state index in [-0.39, 0.29) is 17.7 Å². The number of carbonyl (C=O) groups is 2. The van der Waals surface area contributed by atoms with Crippen LogP contribution in [0.2, 0.25) is 0 Å². The highest BCUT2D eigenvalue weighted by atomic mass is 32.2. The summed E-state index contributed by atoms with van der Waals surface area (Å²) >= 11 is 1.27. The maximum Gasteiger partial charge on any atom is 0.340 e. The van der Waals surface area contributed by atoms with Gasteiger partial charge in [-0.1, -0.05) is 0 Å². The van der Waals surface area contributed by atoms with Crippen molar-refractivity contribution in [2.24, 2.45) is 0 Å². The molecule has 148 valence electrons. The van der Waals surface area contributed by atoms with Gasteiger partial charge in [0.15, 0.2) is 0 Å². The van der Waals surface area contributed by atoms with Crippen molar-refractivity contribution in [2.45, 2.75) is 33.2 Å². The molecule has 0 radical (unpaired) electrons. The largest absolute Gasteiger partial charge is 0.548 e. The van der Waals surface area contributed by atoms with Gasteiger partial charge in [-0.3, -0.25) is 4.79 Å². The molecule has 0 aliphatic carbocycles. The lowest BCUT2D eigenvalue weighted by molar-refractivity contribution is -0.307. The van der Waals surface area contributed by atoms with E-state index in [4.69, 9.17) is 8.83 Å². The van der Waals surface area contributed by atoms with Crippen molar-refractivity contribution >= 4 is 45.6 Å². The van der Waals surface area contributed by atoms with Crippen molar-refractivity contribution in [3.63, 3.8) is 0 Å². The molecule has 3 rings (SSSR count). The van der Waals surface area contributed by atoms with Gasteiger partial charge in [0.25, 0.3) is 0 Å². The first kappa shape index (κ1) is 20.0. The van der Waals surface area contributed by atoms with E-state index in [0.717, 1.165) is 16.5 Å². The molecule has 3 aromatic rings. The van der Waals surface area contributed by atoms with Crippen molar-refractivity contribution in [2.75, 3.05) is 12.0 Å². The fourth-order valence-electron chi connectivity index (χ4n) is 3.42. The minimum atomic E-state index is -1.37. The third-order valence-electron chi connectivity index (χ3n) is 4.76. The minimum absolute atomic E-state index is 0.172. The van der Waals surface area contributed by atoms with Crippen molar-refractivity contribution in [3.8, 4) is 0 Å². The topological polar surface area (TPSA) is 113 Å². The number of rotatable bonds is 6. The molecule has 0 saturated heterocycles. The Kier molecular flexibility index (Phi) is 5.51. The highest BCUT2D eigenvalue weighted by Crippen LogP contribution is 2.34. The maximum absolute atomic E-state index is 12.5. The highest BCUT2D eigenvalue weighted by Gasteiger charge is 2.21. The van der Waals surface area contributed by atoms with Crippen molar-refractivity contribution in [3.05, 3.63) is 45.0 Å². The Hall–Kier alpha value is -2.74. The molecule has 0 spiro atoms. The summed E-state index contributed by atoms with van der Waals surface area (Å²) in [6.07, 6.45) is 3.07. The zero-order valence-corrected chi connectivity index (χ0v) is 16.8. The average Bonchev–Trinajstić information content (AvgIpc) is 3.00. The molecule has 1 N–H and O–H groups in total. The average molecular weight is 402 g/mol. The maximum atomic E-state index is 12.5. The molecule has 1 atom stereocenters. The second-order valence-corrected chi connectivity index (χ2v) is 7.66. The zero-order valence-electron chi connectivity index (χ0n) is 16.0. The van der Waals surface area contributed by atoms with Crippen LogP contribution >= 0.6 is 11.8 Å². The van der Waals surface area contributed by atoms with E-state index in [9.17, 15) is 19.5 Å². The predicted octanol–water partition coefficient (Wildman–Crippen LogP) is 1.60. The number of fused-ring (bicyclic) bond motifs is 3. The fourth-order valence-corrected chi connectivity index (χ4v) is 3.97. The quantitative estimate of drug-likeness (QED) is 0.623. The number of amides is 1. The molecule has 7 nitrogen and oxygen atoms in total. The summed E-state index contributed by atoms with van der Waals surface area (Å²) in [5.74, 6) is -1.78. The molecule has 1 aromatic carbocycles. The summed E-state index contributed by atoms with van der Waals surface area (Å²) in [6.45, 7) is 5.57. The molecule has 28 heavy (non-hydrogen) atoms. The van der Waals surface area contributed by atoms with Gasteiger partial charge in [0.2, 0.25) is 5.91 Å². The Morgan fingerprint density at radius 2 is 1.93 bits per heavy atom. The van der Waals surface area contributed by atoms with E-state index in [1.807, 2.05) is 13.8 Å². The molecule has 8 heteroatoms. The monoisotopic (exact) mass is 402 g/mol. The number of aliphatic carboxylic acids is 1. The van der Waals surface area contributed by atoms with Crippen LogP contribution < -0.4 is 16.0 Å². The summed E-state index contributed by atoms with van der Waals surface area (Å²) in [5.41, 5.74) is 3.01. The molecule has 0 saturated carbocycles. The van der Waals surface area contributed by atoms with Crippen LogP contribution in [0.4, 0.5) is 0 Å². The number of carboxylic acids is 1. The minimum Gasteiger partial charge on any atom is -0.548 e. The van der Waals surface area contributed by atoms with Crippen molar-refractivity contribution in [1.29, 1.82) is 0 Å². The van der Waals surface area contributed by atoms with Gasteiger partial charge < -0.3 is 24.1 Å². The second-order valence-electron chi connectivity index (χ2n) is 6.75. The molecule has 2 aromatic heterocycles. The van der Waals surface area contributed by atoms with E-state index in [1.54, 1.807) is 25.5 Å². The van der Waals surface area contributed by atoms with E-state index in [2.05, 4.69) is 5.32 Å². The molecule has 0 fully saturated rings. The molecule has 1 amide bonds. The van der Waals surface area contributed by atoms with Crippen molar-refractivity contribution < 1.29 is 23.5 Å². The van der Waals surface area contributed by atoms with E-state index < -0.39 is 23.5 Å². The Bertz CT molecular complexity index is 1140. The first-order valence-corrected chi connectivity index (χ1v) is 10.1. The van der Waals surface area contributed by atoms with Crippen LogP contribution in [-0.4, -0.2) is 29.9 Å². The number of furan rings is 1. The smallest absolute Gasteiger partial charge is 0.340 e. The van der Waals surface area contributed by atoms with Crippen LogP contribution in [0.15, 0.2) is 26.0 Å². The van der Waals surface area contributed by atoms with Crippen LogP contribution in [0.25, 0.3) is 21.9 Å². The van der Waals surface area contributed by atoms with E-state index in [1.165, 1.54) is 11.8 Å². The third-order valence-corrected chi connectivity index (χ3v) is 5.42. The molecule has 0 aliphatic rings. The Labute approximate surface area is 165 Å². The molecule has 0 unspecified atom stereocenters. The van der Waals surface area contributed by atoms with Gasteiger partial charge >= 0.3 is 5.63 Å². The Balaban J connectivity index is 2.06. The SMILES string of the molecule is CSC[C@H](NC(=O)Cc1c(C)c2c(cc(C)c3c(C)coc32)oc1=O)C(=O)[O-]. The number of carboxylic acid groups (broad SMARTS) is 1. The van der Waals surface area contributed by atoms with Crippen LogP contribution in [0, 0.1) is 20.8 Å². The first-order chi connectivity index (χ1) is 13.2. The number of thioether (sulfide) groups is 1. The van der Waals surface area contributed by atoms with E-state index >= 15 is 0 Å². The summed E-state index contributed by atoms with van der Waals surface area (Å²) < 4.78 is 11.1. The Morgan fingerprint density at radius 3 is 2.57 bits per heavy atom. The summed E-state index contributed by atoms with van der Waals surface area (Å²) in [7, 11) is 0. The molecule has 0 aliphatic heterocycles. The number of benzene rings is 1. The fraction of sp³-hybridized carbons (Fsp3) is 0.350. The zero-order chi connectivity index (χ0) is 20.6. The van der Waals surface area contributed by atoms with Crippen LogP contribution in [0.5, 0.6) is 0 Å². The van der Waals surface area contributed by atoms with Crippen molar-refractivity contribution in [1.82, 2.24) is 5.32 Å². The number of nitrogens with one attached hydrogen (secondary N) is 1. The number of carbonyl (C=O) groups excluding carboxylic acids is 2. The van der Waals surface area contributed by atoms with Gasteiger partial charge in [-0.25, -0.2) is 4.79 Å². The van der Waals surface area contributed by atoms with E-state index in [0.29, 0.717) is 22.1 Å². The van der Waals surface area contributed by atoms with Crippen LogP contribution in [-0.2, 0) is 16.0 Å². The summed E-state index contributed by atoms with van der Waals surface area (Å²) in [4.78, 5) is 36.0. The summed E-state index contributed by atoms with van der Waals surface area (Å²) in [5, 5.41) is 15.1. The third kappa shape index (κ3) is 3.52. The van der Waals surface area contributed by atoms with Gasteiger partial charge in [0.1, 0.15) is 11.2 Å². The van der Waals surface area contributed by atoms with Crippen LogP contribution in [0.3, 0.4) is 0 Å². The number of hydrogen-bond acceptors (Lipinski definition) is 7. The first-order valence-electron chi connectivity index (χ1n) is 8.67. The van der Waals surface area contributed by atoms with Gasteiger partial charge in [-0.15, -0.1) is 0 Å². The second kappa shape index (κ2) is 7.71. The molecule has 0 bridgehead atoms. The van der Waals surface area contributed by atoms with Gasteiger partial charge in [0.05, 0.1) is 35.6 Å². The highest BCUT2D eigenvalue weighted by molar-refractivity contribution is 7.98. The normalized spacial score (nSPS) is 12.4. The molecular weight excluding hydrogens is 382 g/mol. The predicted molar refractivity (Wildman–Crippen MR) is 105 cm³/mol. The summed E-state index contributed by atoms with van der Waals surface area (Å²) in [6, 6.07) is 0.653. The van der Waals surface area contributed by atoms with Gasteiger partial charge in [-0.05, 0) is 49.8 Å². The lowest BCUT2D eigenvalue weighted by Crippen LogP contribution is -2.50. The molecular formula is C20H20NO6S-. The van der Waals surface area contributed by atoms with Crippen LogP contribution in [0.1, 0.15) is 22.3 Å². The standard InChI is InChI=1S/C20H21NO6S/c1-9-5-14-17(18-16(9)10(2)7-26-18)11(3)12(20(25)27-14)6-15(22)21-13(8-28-4)19(23)24/h5,7,13H,6,8H2,1-4H3,(H,21,22)(H,23,24)/p-1/t13-/m0/s1. The van der Waals surface area contributed by atoms with Gasteiger partial charge in [0, 0.05) is 11.1 Å². The number of aryl methyl sites for hydroxylation is 3. The Morgan fingerprint density at radius 1 is 1.21 bits per heavy atom. The molecule has 2 heterocycles. The lowest BCUT2D eigenvalue weighted by atomic mass is 9.98. The number of hydrogen-bond donors (Lipinski definition) is 1.